The minimum absolute atomic E-state index is 0.0475. The summed E-state index contributed by atoms with van der Waals surface area (Å²) >= 11 is 0. The Bertz CT molecular complexity index is 827. The molecule has 0 aliphatic carbocycles. The lowest BCUT2D eigenvalue weighted by Gasteiger charge is -2.25. The van der Waals surface area contributed by atoms with E-state index in [4.69, 9.17) is 9.47 Å². The van der Waals surface area contributed by atoms with Gasteiger partial charge in [-0.1, -0.05) is 51.1 Å². The molecule has 2 aromatic rings. The van der Waals surface area contributed by atoms with Crippen molar-refractivity contribution >= 4 is 20.5 Å². The van der Waals surface area contributed by atoms with Crippen molar-refractivity contribution in [1.29, 1.82) is 0 Å². The van der Waals surface area contributed by atoms with Gasteiger partial charge in [-0.3, -0.25) is 9.69 Å². The number of esters is 1. The van der Waals surface area contributed by atoms with Crippen LogP contribution in [0.4, 0.5) is 0 Å². The first-order chi connectivity index (χ1) is 13.6. The van der Waals surface area contributed by atoms with E-state index in [-0.39, 0.29) is 24.0 Å². The third kappa shape index (κ3) is 7.13. The second-order valence-electron chi connectivity index (χ2n) is 8.67. The zero-order valence-electron chi connectivity index (χ0n) is 18.5. The van der Waals surface area contributed by atoms with Gasteiger partial charge in [0.05, 0.1) is 12.6 Å². The third-order valence-corrected chi connectivity index (χ3v) is 5.06. The van der Waals surface area contributed by atoms with Gasteiger partial charge in [-0.2, -0.15) is 0 Å². The summed E-state index contributed by atoms with van der Waals surface area (Å²) in [5, 5.41) is 1.18. The van der Waals surface area contributed by atoms with Crippen LogP contribution in [0, 0.1) is 0 Å². The number of nitrogens with zero attached hydrogens (tertiary/aromatic N) is 1. The zero-order valence-corrected chi connectivity index (χ0v) is 19.6. The molecule has 0 aromatic heterocycles. The average molecular weight is 416 g/mol. The summed E-state index contributed by atoms with van der Waals surface area (Å²) in [6.07, 6.45) is -0.0911. The molecule has 0 bridgehead atoms. The molecule has 0 amide bonds. The van der Waals surface area contributed by atoms with E-state index in [0.29, 0.717) is 13.2 Å². The first kappa shape index (κ1) is 23.4. The molecule has 5 heteroatoms. The predicted molar refractivity (Wildman–Crippen MR) is 124 cm³/mol. The van der Waals surface area contributed by atoms with Crippen molar-refractivity contribution in [3.8, 4) is 16.9 Å². The van der Waals surface area contributed by atoms with Gasteiger partial charge in [0, 0.05) is 12.1 Å². The third-order valence-electron chi connectivity index (χ3n) is 4.56. The summed E-state index contributed by atoms with van der Waals surface area (Å²) < 4.78 is 11.3. The van der Waals surface area contributed by atoms with Gasteiger partial charge >= 0.3 is 5.97 Å². The second kappa shape index (κ2) is 10.2. The monoisotopic (exact) mass is 415 g/mol. The number of carbonyl (C=O) groups is 1. The van der Waals surface area contributed by atoms with Crippen LogP contribution >= 0.6 is 9.24 Å². The van der Waals surface area contributed by atoms with Gasteiger partial charge in [0.15, 0.2) is 0 Å². The Morgan fingerprint density at radius 2 is 1.83 bits per heavy atom. The number of hydrogen-bond acceptors (Lipinski definition) is 4. The van der Waals surface area contributed by atoms with E-state index in [2.05, 4.69) is 66.4 Å². The smallest absolute Gasteiger partial charge is 0.320 e. The lowest BCUT2D eigenvalue weighted by Crippen LogP contribution is -2.32. The molecule has 158 valence electrons. The van der Waals surface area contributed by atoms with Gasteiger partial charge in [0.2, 0.25) is 0 Å². The van der Waals surface area contributed by atoms with E-state index in [9.17, 15) is 4.79 Å². The lowest BCUT2D eigenvalue weighted by atomic mass is 9.84. The summed E-state index contributed by atoms with van der Waals surface area (Å²) in [6.45, 7) is 11.7. The highest BCUT2D eigenvalue weighted by Crippen LogP contribution is 2.35. The van der Waals surface area contributed by atoms with E-state index >= 15 is 0 Å². The van der Waals surface area contributed by atoms with Gasteiger partial charge in [0.25, 0.3) is 0 Å². The Morgan fingerprint density at radius 1 is 1.14 bits per heavy atom. The normalized spacial score (nSPS) is 11.8. The van der Waals surface area contributed by atoms with Crippen LogP contribution in [0.3, 0.4) is 0 Å². The van der Waals surface area contributed by atoms with Crippen molar-refractivity contribution in [3.63, 3.8) is 0 Å². The minimum Gasteiger partial charge on any atom is -0.492 e. The van der Waals surface area contributed by atoms with Crippen molar-refractivity contribution in [3.05, 3.63) is 48.0 Å². The Balaban J connectivity index is 2.09. The number of ether oxygens (including phenoxy) is 2. The van der Waals surface area contributed by atoms with Crippen LogP contribution in [0.5, 0.6) is 5.75 Å². The fourth-order valence-corrected chi connectivity index (χ4v) is 3.45. The van der Waals surface area contributed by atoms with E-state index in [0.717, 1.165) is 5.75 Å². The first-order valence-electron chi connectivity index (χ1n) is 10.1. The lowest BCUT2D eigenvalue weighted by molar-refractivity contribution is -0.148. The molecular weight excluding hydrogens is 381 g/mol. The van der Waals surface area contributed by atoms with Crippen LogP contribution in [0.2, 0.25) is 0 Å². The van der Waals surface area contributed by atoms with Crippen LogP contribution in [-0.2, 0) is 14.9 Å². The summed E-state index contributed by atoms with van der Waals surface area (Å²) in [5.41, 5.74) is 3.51. The van der Waals surface area contributed by atoms with Gasteiger partial charge in [-0.15, -0.1) is 9.24 Å². The first-order valence-corrected chi connectivity index (χ1v) is 10.7. The quantitative estimate of drug-likeness (QED) is 0.473. The molecule has 1 atom stereocenters. The number of carbonyl (C=O) groups excluding carboxylic acids is 1. The van der Waals surface area contributed by atoms with Crippen LogP contribution in [-0.4, -0.2) is 43.7 Å². The molecule has 0 N–H and O–H groups in total. The highest BCUT2D eigenvalue weighted by atomic mass is 31.0. The number of benzene rings is 2. The largest absolute Gasteiger partial charge is 0.492 e. The van der Waals surface area contributed by atoms with Crippen LogP contribution in [0.25, 0.3) is 11.1 Å². The fourth-order valence-electron chi connectivity index (χ4n) is 3.08. The van der Waals surface area contributed by atoms with Crippen molar-refractivity contribution in [1.82, 2.24) is 4.90 Å². The van der Waals surface area contributed by atoms with Crippen LogP contribution in [0.15, 0.2) is 42.5 Å². The molecule has 0 aliphatic heterocycles. The molecule has 0 aliphatic rings. The molecular formula is C24H34NO3P. The predicted octanol–water partition coefficient (Wildman–Crippen LogP) is 4.41. The second-order valence-corrected chi connectivity index (χ2v) is 9.30. The number of likely N-dealkylation sites (N-methyl/N-ethyl adjacent to an activating group) is 1. The minimum atomic E-state index is -0.210. The molecule has 29 heavy (non-hydrogen) atoms. The molecule has 0 fully saturated rings. The molecule has 4 nitrogen and oxygen atoms in total. The van der Waals surface area contributed by atoms with Gasteiger partial charge < -0.3 is 9.47 Å². The van der Waals surface area contributed by atoms with Crippen molar-refractivity contribution in [2.24, 2.45) is 0 Å². The number of rotatable bonds is 8. The molecule has 0 saturated carbocycles. The maximum Gasteiger partial charge on any atom is 0.320 e. The van der Waals surface area contributed by atoms with Crippen LogP contribution < -0.4 is 10.0 Å². The molecule has 1 unspecified atom stereocenters. The fraction of sp³-hybridized carbons (Fsp3) is 0.458. The van der Waals surface area contributed by atoms with Gasteiger partial charge in [0.1, 0.15) is 12.4 Å². The summed E-state index contributed by atoms with van der Waals surface area (Å²) in [7, 11) is 4.70. The standard InChI is InChI=1S/C24H34NO3P/c1-17(2)28-23(26)16-25(6)13-14-27-21-12-11-18(15-20(21)24(3,4)5)19-9-7-8-10-22(19)29/h7-12,15,17H,13-14,16,29H2,1-6H3. The summed E-state index contributed by atoms with van der Waals surface area (Å²) in [6, 6.07) is 14.7. The van der Waals surface area contributed by atoms with E-state index in [1.807, 2.05) is 31.9 Å². The molecule has 2 aromatic carbocycles. The van der Waals surface area contributed by atoms with E-state index in [1.54, 1.807) is 0 Å². The summed E-state index contributed by atoms with van der Waals surface area (Å²) in [4.78, 5) is 13.7. The maximum atomic E-state index is 11.8. The molecule has 0 saturated heterocycles. The van der Waals surface area contributed by atoms with E-state index in [1.165, 1.54) is 22.0 Å². The Hall–Kier alpha value is -1.90. The zero-order chi connectivity index (χ0) is 21.6. The SMILES string of the molecule is CC(C)OC(=O)CN(C)CCOc1ccc(-c2ccccc2P)cc1C(C)(C)C. The van der Waals surface area contributed by atoms with Crippen molar-refractivity contribution < 1.29 is 14.3 Å². The maximum absolute atomic E-state index is 11.8. The Morgan fingerprint density at radius 3 is 2.45 bits per heavy atom. The average Bonchev–Trinajstić information content (AvgIpc) is 2.60. The van der Waals surface area contributed by atoms with Gasteiger partial charge in [-0.25, -0.2) is 0 Å². The molecule has 0 radical (unpaired) electrons. The van der Waals surface area contributed by atoms with E-state index < -0.39 is 0 Å². The molecule has 0 heterocycles. The topological polar surface area (TPSA) is 38.8 Å². The van der Waals surface area contributed by atoms with Crippen molar-refractivity contribution in [2.45, 2.75) is 46.1 Å². The van der Waals surface area contributed by atoms with Crippen LogP contribution in [0.1, 0.15) is 40.2 Å². The Labute approximate surface area is 177 Å². The Kier molecular flexibility index (Phi) is 8.24. The van der Waals surface area contributed by atoms with Crippen molar-refractivity contribution in [2.75, 3.05) is 26.7 Å². The molecule has 0 spiro atoms. The molecule has 2 rings (SSSR count). The highest BCUT2D eigenvalue weighted by molar-refractivity contribution is 7.28. The van der Waals surface area contributed by atoms with Gasteiger partial charge in [-0.05, 0) is 54.9 Å². The number of hydrogen-bond donors (Lipinski definition) is 0. The highest BCUT2D eigenvalue weighted by Gasteiger charge is 2.20. The summed E-state index contributed by atoms with van der Waals surface area (Å²) in [5.74, 6) is 0.680.